The molecule has 0 spiro atoms. The van der Waals surface area contributed by atoms with Gasteiger partial charge >= 0.3 is 0 Å². The summed E-state index contributed by atoms with van der Waals surface area (Å²) in [6.07, 6.45) is 1.44. The summed E-state index contributed by atoms with van der Waals surface area (Å²) in [6, 6.07) is 28.0. The summed E-state index contributed by atoms with van der Waals surface area (Å²) in [5, 5.41) is 1.07. The molecule has 0 unspecified atom stereocenters. The van der Waals surface area contributed by atoms with E-state index in [2.05, 4.69) is 4.98 Å². The molecular weight excluding hydrogens is 422 g/mol. The number of nitrogens with zero attached hydrogens (tertiary/aromatic N) is 3. The lowest BCUT2D eigenvalue weighted by Crippen LogP contribution is -2.24. The zero-order chi connectivity index (χ0) is 22.1. The first kappa shape index (κ1) is 20.0. The number of hydrogen-bond donors (Lipinski definition) is 0. The summed E-state index contributed by atoms with van der Waals surface area (Å²) in [4.78, 5) is 30.5. The highest BCUT2D eigenvalue weighted by atomic mass is 35.5. The number of ketones is 1. The molecule has 32 heavy (non-hydrogen) atoms. The molecule has 3 aromatic carbocycles. The fourth-order valence-corrected chi connectivity index (χ4v) is 3.90. The largest absolute Gasteiger partial charge is 0.294 e. The molecule has 0 amide bonds. The Morgan fingerprint density at radius 3 is 2.22 bits per heavy atom. The molecule has 0 aliphatic carbocycles. The van der Waals surface area contributed by atoms with Crippen molar-refractivity contribution in [2.45, 2.75) is 6.54 Å². The summed E-state index contributed by atoms with van der Waals surface area (Å²) in [7, 11) is 0. The molecule has 156 valence electrons. The van der Waals surface area contributed by atoms with Crippen LogP contribution in [0.3, 0.4) is 0 Å². The molecule has 0 aliphatic heterocycles. The maximum Gasteiger partial charge on any atom is 0.263 e. The molecule has 0 atom stereocenters. The monoisotopic (exact) mass is 439 g/mol. The first-order chi connectivity index (χ1) is 15.6. The van der Waals surface area contributed by atoms with Gasteiger partial charge in [-0.15, -0.1) is 0 Å². The molecule has 0 saturated carbocycles. The quantitative estimate of drug-likeness (QED) is 0.345. The van der Waals surface area contributed by atoms with Crippen LogP contribution in [-0.4, -0.2) is 19.9 Å². The van der Waals surface area contributed by atoms with Crippen molar-refractivity contribution in [3.05, 3.63) is 118 Å². The molecule has 2 aromatic heterocycles. The van der Waals surface area contributed by atoms with E-state index in [-0.39, 0.29) is 17.9 Å². The Labute approximate surface area is 189 Å². The van der Waals surface area contributed by atoms with Gasteiger partial charge in [-0.3, -0.25) is 18.7 Å². The molecule has 2 heterocycles. The molecule has 5 rings (SSSR count). The number of rotatable bonds is 5. The van der Waals surface area contributed by atoms with Crippen LogP contribution in [0, 0.1) is 0 Å². The van der Waals surface area contributed by atoms with E-state index in [1.807, 2.05) is 59.2 Å². The smallest absolute Gasteiger partial charge is 0.263 e. The van der Waals surface area contributed by atoms with Crippen molar-refractivity contribution < 1.29 is 4.79 Å². The van der Waals surface area contributed by atoms with Gasteiger partial charge in [0, 0.05) is 16.3 Å². The van der Waals surface area contributed by atoms with Gasteiger partial charge in [-0.05, 0) is 35.9 Å². The molecule has 0 fully saturated rings. The minimum atomic E-state index is -0.260. The van der Waals surface area contributed by atoms with Crippen LogP contribution in [0.1, 0.15) is 10.4 Å². The Balaban J connectivity index is 1.67. The van der Waals surface area contributed by atoms with E-state index in [9.17, 15) is 9.59 Å². The fraction of sp³-hybridized carbons (Fsp3) is 0.0385. The maximum absolute atomic E-state index is 13.3. The maximum atomic E-state index is 13.3. The Bertz CT molecular complexity index is 1470. The second kappa shape index (κ2) is 8.29. The van der Waals surface area contributed by atoms with E-state index < -0.39 is 0 Å². The Morgan fingerprint density at radius 1 is 0.875 bits per heavy atom. The zero-order valence-corrected chi connectivity index (χ0v) is 17.7. The van der Waals surface area contributed by atoms with Crippen molar-refractivity contribution in [3.63, 3.8) is 0 Å². The first-order valence-corrected chi connectivity index (χ1v) is 10.5. The van der Waals surface area contributed by atoms with Crippen LogP contribution in [0.4, 0.5) is 0 Å². The second-order valence-electron chi connectivity index (χ2n) is 7.41. The molecule has 0 bridgehead atoms. The fourth-order valence-electron chi connectivity index (χ4n) is 3.77. The van der Waals surface area contributed by atoms with Gasteiger partial charge in [-0.25, -0.2) is 4.98 Å². The predicted molar refractivity (Wildman–Crippen MR) is 127 cm³/mol. The highest BCUT2D eigenvalue weighted by molar-refractivity contribution is 6.30. The van der Waals surface area contributed by atoms with Crippen molar-refractivity contribution in [2.24, 2.45) is 0 Å². The summed E-state index contributed by atoms with van der Waals surface area (Å²) in [5.74, 6) is -0.144. The topological polar surface area (TPSA) is 56.9 Å². The van der Waals surface area contributed by atoms with E-state index in [0.29, 0.717) is 21.6 Å². The number of carbonyl (C=O) groups excluding carboxylic acids is 1. The van der Waals surface area contributed by atoms with Crippen molar-refractivity contribution in [1.29, 1.82) is 0 Å². The lowest BCUT2D eigenvalue weighted by Gasteiger charge is -2.11. The Morgan fingerprint density at radius 2 is 1.53 bits per heavy atom. The van der Waals surface area contributed by atoms with Gasteiger partial charge in [0.1, 0.15) is 6.33 Å². The molecule has 0 radical (unpaired) electrons. The van der Waals surface area contributed by atoms with Crippen LogP contribution in [0.5, 0.6) is 0 Å². The number of Topliss-reactive ketones (excluding diaryl/α,β-unsaturated/α-hetero) is 1. The number of carbonyl (C=O) groups is 1. The number of hydrogen-bond acceptors (Lipinski definition) is 3. The first-order valence-electron chi connectivity index (χ1n) is 10.1. The van der Waals surface area contributed by atoms with Crippen LogP contribution in [0.25, 0.3) is 28.0 Å². The molecule has 0 N–H and O–H groups in total. The average Bonchev–Trinajstić information content (AvgIpc) is 3.23. The van der Waals surface area contributed by atoms with E-state index in [0.717, 1.165) is 16.9 Å². The van der Waals surface area contributed by atoms with Gasteiger partial charge in [0.25, 0.3) is 5.56 Å². The van der Waals surface area contributed by atoms with Crippen LogP contribution in [-0.2, 0) is 6.54 Å². The second-order valence-corrected chi connectivity index (χ2v) is 7.85. The number of benzene rings is 3. The number of halogens is 1. The van der Waals surface area contributed by atoms with E-state index in [1.165, 1.54) is 10.9 Å². The summed E-state index contributed by atoms with van der Waals surface area (Å²) >= 11 is 6.08. The van der Waals surface area contributed by atoms with Crippen LogP contribution in [0.15, 0.2) is 102 Å². The predicted octanol–water partition coefficient (Wildman–Crippen LogP) is 5.39. The van der Waals surface area contributed by atoms with Crippen LogP contribution in [0.2, 0.25) is 5.02 Å². The zero-order valence-electron chi connectivity index (χ0n) is 17.0. The van der Waals surface area contributed by atoms with Crippen LogP contribution >= 0.6 is 11.6 Å². The highest BCUT2D eigenvalue weighted by Crippen LogP contribution is 2.29. The lowest BCUT2D eigenvalue weighted by atomic mass is 10.1. The van der Waals surface area contributed by atoms with Gasteiger partial charge in [0.15, 0.2) is 11.4 Å². The molecular formula is C26H18ClN3O2. The van der Waals surface area contributed by atoms with Gasteiger partial charge < -0.3 is 0 Å². The third kappa shape index (κ3) is 3.63. The van der Waals surface area contributed by atoms with Gasteiger partial charge in [0.05, 0.1) is 17.6 Å². The Kier molecular flexibility index (Phi) is 5.17. The third-order valence-electron chi connectivity index (χ3n) is 5.35. The molecule has 0 aliphatic rings. The van der Waals surface area contributed by atoms with Gasteiger partial charge in [0.2, 0.25) is 0 Å². The minimum absolute atomic E-state index is 0.0709. The average molecular weight is 440 g/mol. The van der Waals surface area contributed by atoms with Crippen LogP contribution < -0.4 is 5.56 Å². The minimum Gasteiger partial charge on any atom is -0.294 e. The summed E-state index contributed by atoms with van der Waals surface area (Å²) < 4.78 is 3.30. The summed E-state index contributed by atoms with van der Waals surface area (Å²) in [6.45, 7) is -0.0709. The van der Waals surface area contributed by atoms with E-state index in [4.69, 9.17) is 11.6 Å². The molecule has 6 heteroatoms. The molecule has 5 aromatic rings. The standard InChI is InChI=1S/C26H18ClN3O2/c27-20-11-13-21(14-12-20)30-23(18-7-3-1-4-8-18)15-22-25(30)28-17-29(26(22)32)16-24(31)19-9-5-2-6-10-19/h1-15,17H,16H2. The van der Waals surface area contributed by atoms with E-state index >= 15 is 0 Å². The molecule has 5 nitrogen and oxygen atoms in total. The van der Waals surface area contributed by atoms with Gasteiger partial charge in [-0.1, -0.05) is 72.3 Å². The van der Waals surface area contributed by atoms with Crippen molar-refractivity contribution >= 4 is 28.4 Å². The molecule has 0 saturated heterocycles. The highest BCUT2D eigenvalue weighted by Gasteiger charge is 2.18. The lowest BCUT2D eigenvalue weighted by molar-refractivity contribution is 0.0970. The van der Waals surface area contributed by atoms with E-state index in [1.54, 1.807) is 36.4 Å². The summed E-state index contributed by atoms with van der Waals surface area (Å²) in [5.41, 5.74) is 3.45. The van der Waals surface area contributed by atoms with Crippen molar-refractivity contribution in [1.82, 2.24) is 14.1 Å². The van der Waals surface area contributed by atoms with Gasteiger partial charge in [-0.2, -0.15) is 0 Å². The van der Waals surface area contributed by atoms with Crippen molar-refractivity contribution in [2.75, 3.05) is 0 Å². The normalized spacial score (nSPS) is 11.0. The third-order valence-corrected chi connectivity index (χ3v) is 5.60. The van der Waals surface area contributed by atoms with Crippen molar-refractivity contribution in [3.8, 4) is 16.9 Å². The SMILES string of the molecule is O=C(Cn1cnc2c(cc(-c3ccccc3)n2-c2ccc(Cl)cc2)c1=O)c1ccccc1. The number of aromatic nitrogens is 3. The number of fused-ring (bicyclic) bond motifs is 1. The Hall–Kier alpha value is -3.96.